The van der Waals surface area contributed by atoms with E-state index in [1.807, 2.05) is 30.3 Å². The van der Waals surface area contributed by atoms with Crippen molar-refractivity contribution >= 4 is 46.4 Å². The van der Waals surface area contributed by atoms with Crippen LogP contribution in [0.25, 0.3) is 16.9 Å². The second-order valence-electron chi connectivity index (χ2n) is 8.77. The van der Waals surface area contributed by atoms with Crippen LogP contribution in [-0.4, -0.2) is 61.9 Å². The van der Waals surface area contributed by atoms with Crippen LogP contribution in [0.1, 0.15) is 12.8 Å². The zero-order chi connectivity index (χ0) is 25.3. The maximum atomic E-state index is 13.2. The van der Waals surface area contributed by atoms with Crippen molar-refractivity contribution < 1.29 is 13.2 Å². The second-order valence-corrected chi connectivity index (χ2v) is 11.1. The summed E-state index contributed by atoms with van der Waals surface area (Å²) in [5.74, 6) is 1.45. The van der Waals surface area contributed by atoms with E-state index in [1.54, 1.807) is 46.4 Å². The highest BCUT2D eigenvalue weighted by Gasteiger charge is 2.30. The summed E-state index contributed by atoms with van der Waals surface area (Å²) >= 11 is 6.42. The normalized spacial score (nSPS) is 16.8. The van der Waals surface area contributed by atoms with Crippen LogP contribution in [0.3, 0.4) is 0 Å². The number of piperidine rings is 1. The molecule has 11 heteroatoms. The molecule has 0 saturated carbocycles. The van der Waals surface area contributed by atoms with E-state index in [0.29, 0.717) is 53.0 Å². The number of nitrogens with one attached hydrogen (secondary N) is 1. The van der Waals surface area contributed by atoms with E-state index in [4.69, 9.17) is 24.2 Å². The van der Waals surface area contributed by atoms with Crippen LogP contribution in [0, 0.1) is 5.92 Å². The Kier molecular flexibility index (Phi) is 6.92. The topological polar surface area (TPSA) is 88.8 Å². The first-order valence-electron chi connectivity index (χ1n) is 11.6. The highest BCUT2D eigenvalue weighted by Crippen LogP contribution is 2.29. The number of anilines is 1. The van der Waals surface area contributed by atoms with Gasteiger partial charge in [-0.15, -0.1) is 0 Å². The highest BCUT2D eigenvalue weighted by molar-refractivity contribution is 7.89. The number of hydrogen-bond donors (Lipinski definition) is 1. The molecule has 0 amide bonds. The largest absolute Gasteiger partial charge is 0.497 e. The van der Waals surface area contributed by atoms with E-state index in [1.165, 1.54) is 0 Å². The minimum absolute atomic E-state index is 0.117. The molecule has 36 heavy (non-hydrogen) atoms. The average molecular weight is 522 g/mol. The molecule has 8 nitrogen and oxygen atoms in total. The van der Waals surface area contributed by atoms with E-state index in [-0.39, 0.29) is 10.8 Å². The Bertz CT molecular complexity index is 1490. The fraction of sp³-hybridized carbons (Fsp3) is 0.280. The van der Waals surface area contributed by atoms with Crippen molar-refractivity contribution in [2.24, 2.45) is 5.92 Å². The minimum Gasteiger partial charge on any atom is -0.497 e. The molecule has 1 atom stereocenters. The fourth-order valence-corrected chi connectivity index (χ4v) is 6.26. The lowest BCUT2D eigenvalue weighted by atomic mass is 9.99. The van der Waals surface area contributed by atoms with Crippen LogP contribution >= 0.6 is 11.6 Å². The molecule has 1 aliphatic rings. The Morgan fingerprint density at radius 1 is 1.19 bits per heavy atom. The molecule has 2 aromatic heterocycles. The zero-order valence-electron chi connectivity index (χ0n) is 19.8. The quantitative estimate of drug-likeness (QED) is 0.375. The van der Waals surface area contributed by atoms with Crippen molar-refractivity contribution in [1.82, 2.24) is 18.9 Å². The number of halogens is 1. The molecule has 0 spiro atoms. The van der Waals surface area contributed by atoms with Gasteiger partial charge in [0.25, 0.3) is 0 Å². The maximum absolute atomic E-state index is 13.2. The Labute approximate surface area is 216 Å². The van der Waals surface area contributed by atoms with Crippen LogP contribution in [0.15, 0.2) is 65.7 Å². The highest BCUT2D eigenvalue weighted by atomic mass is 35.5. The number of sulfonamides is 1. The van der Waals surface area contributed by atoms with Crippen molar-refractivity contribution in [3.05, 3.63) is 65.8 Å². The van der Waals surface area contributed by atoms with Gasteiger partial charge < -0.3 is 10.1 Å². The third-order valence-electron chi connectivity index (χ3n) is 6.40. The van der Waals surface area contributed by atoms with Gasteiger partial charge in [0.2, 0.25) is 10.0 Å². The Morgan fingerprint density at radius 3 is 2.72 bits per heavy atom. The minimum atomic E-state index is -3.59. The van der Waals surface area contributed by atoms with E-state index in [2.05, 4.69) is 15.4 Å². The first-order chi connectivity index (χ1) is 17.4. The van der Waals surface area contributed by atoms with Crippen LogP contribution < -0.4 is 15.5 Å². The lowest BCUT2D eigenvalue weighted by Crippen LogP contribution is -2.41. The van der Waals surface area contributed by atoms with Crippen LogP contribution in [-0.2, 0) is 10.0 Å². The summed E-state index contributed by atoms with van der Waals surface area (Å²) in [6, 6.07) is 15.9. The van der Waals surface area contributed by atoms with Gasteiger partial charge in [-0.25, -0.2) is 13.4 Å². The molecule has 3 heterocycles. The van der Waals surface area contributed by atoms with Gasteiger partial charge in [0.1, 0.15) is 19.4 Å². The number of fused-ring (bicyclic) bond motifs is 1. The molecule has 1 aliphatic heterocycles. The van der Waals surface area contributed by atoms with Gasteiger partial charge in [0.15, 0.2) is 5.65 Å². The van der Waals surface area contributed by atoms with Gasteiger partial charge in [0.05, 0.1) is 17.7 Å². The first kappa shape index (κ1) is 24.6. The zero-order valence-corrected chi connectivity index (χ0v) is 21.3. The van der Waals surface area contributed by atoms with Gasteiger partial charge in [0, 0.05) is 42.5 Å². The summed E-state index contributed by atoms with van der Waals surface area (Å²) in [5.41, 5.74) is 2.46. The average Bonchev–Trinajstić information content (AvgIpc) is 3.28. The molecule has 1 fully saturated rings. The Balaban J connectivity index is 1.36. The van der Waals surface area contributed by atoms with E-state index >= 15 is 0 Å². The summed E-state index contributed by atoms with van der Waals surface area (Å²) in [7, 11) is 4.08. The van der Waals surface area contributed by atoms with Crippen molar-refractivity contribution in [3.8, 4) is 17.0 Å². The SMILES string of the molecule is [B]c1cnn2c(NCC3CCCN(S(=O)(=O)c4ccc(OC)cc4)C3)cc(-c3ccccc3Cl)nc12. The second kappa shape index (κ2) is 10.1. The number of nitrogens with zero attached hydrogens (tertiary/aromatic N) is 4. The van der Waals surface area contributed by atoms with Crippen LogP contribution in [0.2, 0.25) is 5.02 Å². The predicted octanol–water partition coefficient (Wildman–Crippen LogP) is 3.36. The number of aromatic nitrogens is 3. The van der Waals surface area contributed by atoms with Crippen LogP contribution in [0.4, 0.5) is 5.82 Å². The van der Waals surface area contributed by atoms with Crippen molar-refractivity contribution in [1.29, 1.82) is 0 Å². The number of hydrogen-bond acceptors (Lipinski definition) is 6. The molecular formula is C25H25BClN5O3S. The van der Waals surface area contributed by atoms with E-state index < -0.39 is 10.0 Å². The van der Waals surface area contributed by atoms with Gasteiger partial charge in [-0.2, -0.15) is 13.9 Å². The summed E-state index contributed by atoms with van der Waals surface area (Å²) in [5, 5.41) is 8.40. The number of rotatable bonds is 7. The van der Waals surface area contributed by atoms with E-state index in [0.717, 1.165) is 18.4 Å². The predicted molar refractivity (Wildman–Crippen MR) is 142 cm³/mol. The number of ether oxygens (including phenoxy) is 1. The molecule has 1 saturated heterocycles. The molecule has 2 aromatic carbocycles. The van der Waals surface area contributed by atoms with Crippen molar-refractivity contribution in [2.45, 2.75) is 17.7 Å². The third-order valence-corrected chi connectivity index (χ3v) is 8.61. The van der Waals surface area contributed by atoms with Gasteiger partial charge in [-0.3, -0.25) is 0 Å². The standard InChI is InChI=1S/C25H25BClN5O3S/c1-35-18-8-10-19(11-9-18)36(33,34)31-12-4-5-17(16-31)14-28-24-13-23(20-6-2-3-7-22(20)27)30-25-21(26)15-29-32(24)25/h2-3,6-11,13,15,17,28H,4-5,12,14,16H2,1H3. The fourth-order valence-electron chi connectivity index (χ4n) is 4.47. The molecule has 184 valence electrons. The van der Waals surface area contributed by atoms with Gasteiger partial charge in [-0.05, 0) is 54.6 Å². The number of benzene rings is 2. The molecule has 1 N–H and O–H groups in total. The van der Waals surface area contributed by atoms with Gasteiger partial charge in [-0.1, -0.05) is 29.8 Å². The molecule has 5 rings (SSSR count). The summed E-state index contributed by atoms with van der Waals surface area (Å²) < 4.78 is 34.8. The monoisotopic (exact) mass is 521 g/mol. The maximum Gasteiger partial charge on any atom is 0.243 e. The molecule has 2 radical (unpaired) electrons. The van der Waals surface area contributed by atoms with Gasteiger partial charge >= 0.3 is 0 Å². The summed E-state index contributed by atoms with van der Waals surface area (Å²) in [4.78, 5) is 4.93. The lowest BCUT2D eigenvalue weighted by molar-refractivity contribution is 0.275. The lowest BCUT2D eigenvalue weighted by Gasteiger charge is -2.32. The molecular weight excluding hydrogens is 497 g/mol. The van der Waals surface area contributed by atoms with E-state index in [9.17, 15) is 8.42 Å². The van der Waals surface area contributed by atoms with Crippen molar-refractivity contribution in [2.75, 3.05) is 32.1 Å². The first-order valence-corrected chi connectivity index (χ1v) is 13.5. The summed E-state index contributed by atoms with van der Waals surface area (Å²) in [6.45, 7) is 1.49. The van der Waals surface area contributed by atoms with Crippen LogP contribution in [0.5, 0.6) is 5.75 Å². The Hall–Kier alpha value is -3.08. The summed E-state index contributed by atoms with van der Waals surface area (Å²) in [6.07, 6.45) is 3.26. The Morgan fingerprint density at radius 2 is 1.97 bits per heavy atom. The van der Waals surface area contributed by atoms with Crippen molar-refractivity contribution in [3.63, 3.8) is 0 Å². The number of methoxy groups -OCH3 is 1. The smallest absolute Gasteiger partial charge is 0.243 e. The molecule has 0 bridgehead atoms. The molecule has 4 aromatic rings. The molecule has 0 aliphatic carbocycles. The molecule has 1 unspecified atom stereocenters. The third kappa shape index (κ3) is 4.80.